The van der Waals surface area contributed by atoms with Gasteiger partial charge in [-0.25, -0.2) is 0 Å². The molecule has 0 aliphatic rings. The Morgan fingerprint density at radius 2 is 2.50 bits per heavy atom. The molecule has 0 radical (unpaired) electrons. The molecule has 3 nitrogen and oxygen atoms in total. The molecule has 0 aromatic carbocycles. The van der Waals surface area contributed by atoms with E-state index >= 15 is 0 Å². The molecule has 1 heterocycles. The Balaban J connectivity index is 2.34. The van der Waals surface area contributed by atoms with Gasteiger partial charge in [0.2, 0.25) is 5.91 Å². The fourth-order valence-electron chi connectivity index (χ4n) is 1.16. The Kier molecular flexibility index (Phi) is 4.62. The number of hydrogen-bond acceptors (Lipinski definition) is 3. The third-order valence-corrected chi connectivity index (χ3v) is 2.76. The van der Waals surface area contributed by atoms with Crippen molar-refractivity contribution in [3.63, 3.8) is 0 Å². The van der Waals surface area contributed by atoms with Gasteiger partial charge in [-0.2, -0.15) is 11.3 Å². The lowest BCUT2D eigenvalue weighted by Crippen LogP contribution is -2.20. The van der Waals surface area contributed by atoms with E-state index in [0.29, 0.717) is 6.54 Å². The Bertz CT molecular complexity index is 272. The van der Waals surface area contributed by atoms with Gasteiger partial charge in [-0.15, -0.1) is 0 Å². The number of rotatable bonds is 5. The number of nitrogens with two attached hydrogens (primary N) is 1. The number of hydrogen-bond donors (Lipinski definition) is 2. The van der Waals surface area contributed by atoms with Gasteiger partial charge in [-0.3, -0.25) is 4.79 Å². The summed E-state index contributed by atoms with van der Waals surface area (Å²) >= 11 is 1.58. The van der Waals surface area contributed by atoms with Crippen molar-refractivity contribution < 1.29 is 4.79 Å². The third kappa shape index (κ3) is 3.47. The summed E-state index contributed by atoms with van der Waals surface area (Å²) < 4.78 is 0. The van der Waals surface area contributed by atoms with Crippen molar-refractivity contribution in [2.24, 2.45) is 11.7 Å². The fraction of sp³-hybridized carbons (Fsp3) is 0.500. The van der Waals surface area contributed by atoms with Crippen molar-refractivity contribution in [1.29, 1.82) is 0 Å². The summed E-state index contributed by atoms with van der Waals surface area (Å²) in [6, 6.07) is 1.90. The fourth-order valence-corrected chi connectivity index (χ4v) is 1.74. The third-order valence-electron chi connectivity index (χ3n) is 2.08. The molecule has 1 rings (SSSR count). The zero-order chi connectivity index (χ0) is 10.4. The van der Waals surface area contributed by atoms with Crippen LogP contribution in [0.2, 0.25) is 0 Å². The molecule has 0 aliphatic heterocycles. The van der Waals surface area contributed by atoms with Crippen LogP contribution in [-0.4, -0.2) is 12.5 Å². The van der Waals surface area contributed by atoms with Crippen LogP contribution in [-0.2, 0) is 4.79 Å². The second-order valence-corrected chi connectivity index (χ2v) is 4.11. The first-order chi connectivity index (χ1) is 6.74. The lowest BCUT2D eigenvalue weighted by Gasteiger charge is -2.10. The standard InChI is InChI=1S/C10H16N2OS/c1-8(3-2-5-11)10(13)12-9-4-6-14-7-9/h4,6-8H,2-3,5,11H2,1H3,(H,12,13). The van der Waals surface area contributed by atoms with Gasteiger partial charge in [0, 0.05) is 11.3 Å². The SMILES string of the molecule is CC(CCCN)C(=O)Nc1ccsc1. The zero-order valence-corrected chi connectivity index (χ0v) is 9.14. The lowest BCUT2D eigenvalue weighted by atomic mass is 10.1. The lowest BCUT2D eigenvalue weighted by molar-refractivity contribution is -0.119. The summed E-state index contributed by atoms with van der Waals surface area (Å²) in [6.45, 7) is 2.58. The van der Waals surface area contributed by atoms with E-state index in [0.717, 1.165) is 18.5 Å². The maximum atomic E-state index is 11.6. The van der Waals surface area contributed by atoms with Crippen LogP contribution in [0.4, 0.5) is 5.69 Å². The van der Waals surface area contributed by atoms with E-state index < -0.39 is 0 Å². The highest BCUT2D eigenvalue weighted by atomic mass is 32.1. The summed E-state index contributed by atoms with van der Waals surface area (Å²) in [5, 5.41) is 6.73. The molecule has 1 amide bonds. The van der Waals surface area contributed by atoms with Crippen molar-refractivity contribution in [2.75, 3.05) is 11.9 Å². The molecule has 0 bridgehead atoms. The van der Waals surface area contributed by atoms with Gasteiger partial charge in [-0.05, 0) is 30.8 Å². The molecule has 0 aliphatic carbocycles. The Labute approximate surface area is 88.3 Å². The molecule has 1 atom stereocenters. The van der Waals surface area contributed by atoms with Crippen molar-refractivity contribution in [1.82, 2.24) is 0 Å². The van der Waals surface area contributed by atoms with E-state index in [4.69, 9.17) is 5.73 Å². The van der Waals surface area contributed by atoms with Gasteiger partial charge in [0.05, 0.1) is 5.69 Å². The molecular weight excluding hydrogens is 196 g/mol. The molecule has 0 spiro atoms. The largest absolute Gasteiger partial charge is 0.330 e. The Morgan fingerprint density at radius 1 is 1.71 bits per heavy atom. The van der Waals surface area contributed by atoms with Gasteiger partial charge in [0.15, 0.2) is 0 Å². The second-order valence-electron chi connectivity index (χ2n) is 3.33. The van der Waals surface area contributed by atoms with E-state index in [1.165, 1.54) is 0 Å². The highest BCUT2D eigenvalue weighted by Gasteiger charge is 2.11. The van der Waals surface area contributed by atoms with Crippen LogP contribution in [0.5, 0.6) is 0 Å². The first-order valence-electron chi connectivity index (χ1n) is 4.77. The summed E-state index contributed by atoms with van der Waals surface area (Å²) in [5.41, 5.74) is 6.27. The second kappa shape index (κ2) is 5.78. The van der Waals surface area contributed by atoms with Crippen LogP contribution >= 0.6 is 11.3 Å². The van der Waals surface area contributed by atoms with Gasteiger partial charge in [0.1, 0.15) is 0 Å². The number of amides is 1. The van der Waals surface area contributed by atoms with Crippen molar-refractivity contribution in [2.45, 2.75) is 19.8 Å². The van der Waals surface area contributed by atoms with E-state index in [-0.39, 0.29) is 11.8 Å². The quantitative estimate of drug-likeness (QED) is 0.785. The minimum atomic E-state index is 0.0402. The van der Waals surface area contributed by atoms with Gasteiger partial charge >= 0.3 is 0 Å². The maximum Gasteiger partial charge on any atom is 0.227 e. The topological polar surface area (TPSA) is 55.1 Å². The van der Waals surface area contributed by atoms with E-state index in [2.05, 4.69) is 5.32 Å². The number of thiophene rings is 1. The normalized spacial score (nSPS) is 12.4. The average Bonchev–Trinajstić information content (AvgIpc) is 2.66. The molecule has 0 saturated heterocycles. The average molecular weight is 212 g/mol. The molecule has 0 fully saturated rings. The Hall–Kier alpha value is -0.870. The summed E-state index contributed by atoms with van der Waals surface area (Å²) in [5.74, 6) is 0.121. The first kappa shape index (κ1) is 11.2. The smallest absolute Gasteiger partial charge is 0.227 e. The van der Waals surface area contributed by atoms with Crippen LogP contribution < -0.4 is 11.1 Å². The zero-order valence-electron chi connectivity index (χ0n) is 8.32. The van der Waals surface area contributed by atoms with Crippen LogP contribution in [0.3, 0.4) is 0 Å². The molecule has 3 N–H and O–H groups in total. The monoisotopic (exact) mass is 212 g/mol. The van der Waals surface area contributed by atoms with Gasteiger partial charge in [-0.1, -0.05) is 6.92 Å². The predicted molar refractivity (Wildman–Crippen MR) is 60.4 cm³/mol. The van der Waals surface area contributed by atoms with Crippen molar-refractivity contribution in [3.05, 3.63) is 16.8 Å². The molecule has 0 saturated carbocycles. The Morgan fingerprint density at radius 3 is 3.07 bits per heavy atom. The number of carbonyl (C=O) groups excluding carboxylic acids is 1. The van der Waals surface area contributed by atoms with Crippen LogP contribution in [0.25, 0.3) is 0 Å². The van der Waals surface area contributed by atoms with E-state index in [9.17, 15) is 4.79 Å². The molecule has 14 heavy (non-hydrogen) atoms. The van der Waals surface area contributed by atoms with Crippen LogP contribution in [0.1, 0.15) is 19.8 Å². The number of nitrogens with one attached hydrogen (secondary N) is 1. The molecule has 78 valence electrons. The summed E-state index contributed by atoms with van der Waals surface area (Å²) in [6.07, 6.45) is 1.75. The molecule has 1 aromatic rings. The minimum absolute atomic E-state index is 0.0402. The maximum absolute atomic E-state index is 11.6. The first-order valence-corrected chi connectivity index (χ1v) is 5.71. The molecule has 4 heteroatoms. The predicted octanol–water partition coefficient (Wildman–Crippen LogP) is 2.06. The molecular formula is C10H16N2OS. The van der Waals surface area contributed by atoms with Gasteiger partial charge in [0.25, 0.3) is 0 Å². The number of carbonyl (C=O) groups is 1. The van der Waals surface area contributed by atoms with Crippen LogP contribution in [0.15, 0.2) is 16.8 Å². The van der Waals surface area contributed by atoms with E-state index in [1.807, 2.05) is 23.8 Å². The van der Waals surface area contributed by atoms with Crippen LogP contribution in [0, 0.1) is 5.92 Å². The summed E-state index contributed by atoms with van der Waals surface area (Å²) in [7, 11) is 0. The van der Waals surface area contributed by atoms with E-state index in [1.54, 1.807) is 11.3 Å². The number of anilines is 1. The highest BCUT2D eigenvalue weighted by Crippen LogP contribution is 2.14. The van der Waals surface area contributed by atoms with Crippen molar-refractivity contribution in [3.8, 4) is 0 Å². The molecule has 1 aromatic heterocycles. The summed E-state index contributed by atoms with van der Waals surface area (Å²) in [4.78, 5) is 11.6. The van der Waals surface area contributed by atoms with Crippen molar-refractivity contribution >= 4 is 22.9 Å². The molecule has 1 unspecified atom stereocenters. The van der Waals surface area contributed by atoms with Gasteiger partial charge < -0.3 is 11.1 Å². The highest BCUT2D eigenvalue weighted by molar-refractivity contribution is 7.08. The minimum Gasteiger partial charge on any atom is -0.330 e.